The Bertz CT molecular complexity index is 1750. The number of hydrogen-bond acceptors (Lipinski definition) is 14. The van der Waals surface area contributed by atoms with Crippen LogP contribution in [0.5, 0.6) is 0 Å². The van der Waals surface area contributed by atoms with Gasteiger partial charge in [0.05, 0.1) is 25.1 Å². The first-order valence-electron chi connectivity index (χ1n) is 16.2. The fraction of sp³-hybridized carbons (Fsp3) is 0.438. The predicted octanol–water partition coefficient (Wildman–Crippen LogP) is 5.10. The predicted molar refractivity (Wildman–Crippen MR) is 179 cm³/mol. The number of H-pyrrole nitrogens is 1. The molecule has 1 unspecified atom stereocenters. The molecule has 0 aliphatic heterocycles. The number of unbranched alkanes of at least 4 members (excludes halogenated alkanes) is 2. The highest BCUT2D eigenvalue weighted by Gasteiger charge is 2.20. The Morgan fingerprint density at radius 3 is 2.35 bits per heavy atom. The normalized spacial score (nSPS) is 11.5. The van der Waals surface area contributed by atoms with E-state index in [9.17, 15) is 29.8 Å². The standard InChI is InChI=1S/C32H37ClN8O10/c1-2-3-11-28-34-31(33)27(21-49-30(43)17-16-29(42)48-18-7-6-8-24(51-41(46)47)20-50-40(44)45)39(28)19-22-12-14-23(15-13-22)25-9-4-5-10-26(25)32-35-37-38-36-32/h4-5,9-10,12-15,24H,2-3,6-8,11,16-21H2,1H3,(H,35,36,37,38). The summed E-state index contributed by atoms with van der Waals surface area (Å²) in [5.41, 5.74) is 4.28. The van der Waals surface area contributed by atoms with Crippen molar-refractivity contribution in [2.45, 2.75) is 77.5 Å². The molecule has 51 heavy (non-hydrogen) atoms. The number of ether oxygens (including phenoxy) is 2. The number of carbonyl (C=O) groups excluding carboxylic acids is 2. The molecule has 272 valence electrons. The number of hydrogen-bond donors (Lipinski definition) is 1. The van der Waals surface area contributed by atoms with Crippen molar-refractivity contribution in [2.24, 2.45) is 0 Å². The second kappa shape index (κ2) is 19.5. The molecule has 0 spiro atoms. The Labute approximate surface area is 296 Å². The van der Waals surface area contributed by atoms with Gasteiger partial charge in [0.25, 0.3) is 10.2 Å². The third kappa shape index (κ3) is 12.0. The Morgan fingerprint density at radius 2 is 1.69 bits per heavy atom. The zero-order valence-electron chi connectivity index (χ0n) is 27.8. The molecule has 4 rings (SSSR count). The number of carbonyl (C=O) groups is 2. The molecule has 2 aromatic carbocycles. The molecule has 19 heteroatoms. The molecular formula is C32H37ClN8O10. The largest absolute Gasteiger partial charge is 0.466 e. The summed E-state index contributed by atoms with van der Waals surface area (Å²) < 4.78 is 12.5. The molecule has 2 heterocycles. The number of aromatic amines is 1. The van der Waals surface area contributed by atoms with Gasteiger partial charge in [-0.2, -0.15) is 5.21 Å². The number of tetrazole rings is 1. The first-order valence-corrected chi connectivity index (χ1v) is 16.6. The lowest BCUT2D eigenvalue weighted by Gasteiger charge is -2.14. The van der Waals surface area contributed by atoms with Crippen LogP contribution in [0, 0.1) is 20.2 Å². The van der Waals surface area contributed by atoms with Crippen molar-refractivity contribution in [3.8, 4) is 22.5 Å². The van der Waals surface area contributed by atoms with Crippen LogP contribution in [0.1, 0.15) is 69.0 Å². The molecule has 0 saturated carbocycles. The van der Waals surface area contributed by atoms with E-state index < -0.39 is 34.8 Å². The van der Waals surface area contributed by atoms with E-state index in [-0.39, 0.29) is 37.6 Å². The molecule has 0 fully saturated rings. The Kier molecular flexibility index (Phi) is 14.6. The van der Waals surface area contributed by atoms with Gasteiger partial charge in [-0.05, 0) is 47.6 Å². The number of nitrogens with zero attached hydrogens (tertiary/aromatic N) is 7. The van der Waals surface area contributed by atoms with Gasteiger partial charge >= 0.3 is 11.9 Å². The van der Waals surface area contributed by atoms with Gasteiger partial charge in [-0.15, -0.1) is 30.4 Å². The molecular weight excluding hydrogens is 692 g/mol. The minimum Gasteiger partial charge on any atom is -0.466 e. The van der Waals surface area contributed by atoms with Gasteiger partial charge in [0.2, 0.25) is 5.82 Å². The Morgan fingerprint density at radius 1 is 0.961 bits per heavy atom. The van der Waals surface area contributed by atoms with E-state index in [0.29, 0.717) is 37.3 Å². The number of aryl methyl sites for hydroxylation is 1. The minimum absolute atomic E-state index is 0.0171. The van der Waals surface area contributed by atoms with E-state index in [2.05, 4.69) is 42.2 Å². The summed E-state index contributed by atoms with van der Waals surface area (Å²) >= 11 is 6.54. The average Bonchev–Trinajstić information content (AvgIpc) is 3.75. The van der Waals surface area contributed by atoms with E-state index in [0.717, 1.165) is 40.9 Å². The van der Waals surface area contributed by atoms with E-state index in [1.807, 2.05) is 53.1 Å². The summed E-state index contributed by atoms with van der Waals surface area (Å²) in [6.07, 6.45) is 1.63. The third-order valence-electron chi connectivity index (χ3n) is 7.66. The lowest BCUT2D eigenvalue weighted by atomic mass is 9.98. The van der Waals surface area contributed by atoms with E-state index >= 15 is 0 Å². The molecule has 0 aliphatic rings. The average molecular weight is 729 g/mol. The van der Waals surface area contributed by atoms with Crippen LogP contribution in [0.4, 0.5) is 0 Å². The van der Waals surface area contributed by atoms with Crippen LogP contribution in [0.25, 0.3) is 22.5 Å². The summed E-state index contributed by atoms with van der Waals surface area (Å²) in [6, 6.07) is 15.8. The zero-order valence-corrected chi connectivity index (χ0v) is 28.5. The number of rotatable bonds is 22. The van der Waals surface area contributed by atoms with Gasteiger partial charge in [-0.25, -0.2) is 4.98 Å². The number of esters is 2. The number of halogens is 1. The monoisotopic (exact) mass is 728 g/mol. The lowest BCUT2D eigenvalue weighted by molar-refractivity contribution is -0.790. The number of benzene rings is 2. The van der Waals surface area contributed by atoms with Crippen LogP contribution >= 0.6 is 11.6 Å². The molecule has 1 N–H and O–H groups in total. The maximum Gasteiger partial charge on any atom is 0.306 e. The highest BCUT2D eigenvalue weighted by Crippen LogP contribution is 2.30. The second-order valence-corrected chi connectivity index (χ2v) is 11.6. The van der Waals surface area contributed by atoms with Crippen LogP contribution in [-0.4, -0.2) is 71.6 Å². The van der Waals surface area contributed by atoms with Crippen molar-refractivity contribution in [1.29, 1.82) is 0 Å². The molecule has 1 atom stereocenters. The Balaban J connectivity index is 1.29. The van der Waals surface area contributed by atoms with Crippen molar-refractivity contribution < 1.29 is 38.9 Å². The number of nitrogens with one attached hydrogen (secondary N) is 1. The first-order chi connectivity index (χ1) is 24.6. The summed E-state index contributed by atoms with van der Waals surface area (Å²) in [5, 5.41) is 33.4. The highest BCUT2D eigenvalue weighted by molar-refractivity contribution is 6.30. The summed E-state index contributed by atoms with van der Waals surface area (Å²) in [6.45, 7) is 1.75. The number of aromatic nitrogens is 6. The van der Waals surface area contributed by atoms with Crippen LogP contribution in [0.3, 0.4) is 0 Å². The smallest absolute Gasteiger partial charge is 0.306 e. The molecule has 0 aliphatic carbocycles. The minimum atomic E-state index is -1.14. The van der Waals surface area contributed by atoms with Crippen LogP contribution < -0.4 is 0 Å². The maximum atomic E-state index is 12.6. The maximum absolute atomic E-state index is 12.6. The molecule has 0 bridgehead atoms. The topological polar surface area (TPSA) is 230 Å². The SMILES string of the molecule is CCCCc1nc(Cl)c(COC(=O)CCC(=O)OCCCCC(CO[N+](=O)[O-])O[N+](=O)[O-])n1Cc1ccc(-c2ccccc2-c2nn[nH]n2)cc1. The van der Waals surface area contributed by atoms with Crippen LogP contribution in [0.2, 0.25) is 5.15 Å². The van der Waals surface area contributed by atoms with Gasteiger partial charge < -0.3 is 23.7 Å². The van der Waals surface area contributed by atoms with Crippen LogP contribution in [0.15, 0.2) is 48.5 Å². The Hall–Kier alpha value is -5.65. The van der Waals surface area contributed by atoms with Crippen molar-refractivity contribution >= 4 is 23.5 Å². The van der Waals surface area contributed by atoms with E-state index in [4.69, 9.17) is 21.1 Å². The van der Waals surface area contributed by atoms with Gasteiger partial charge in [-0.3, -0.25) is 9.59 Å². The lowest BCUT2D eigenvalue weighted by Crippen LogP contribution is -2.24. The summed E-state index contributed by atoms with van der Waals surface area (Å²) in [4.78, 5) is 58.7. The van der Waals surface area contributed by atoms with E-state index in [1.54, 1.807) is 0 Å². The van der Waals surface area contributed by atoms with Gasteiger partial charge in [0, 0.05) is 18.5 Å². The quantitative estimate of drug-likeness (QED) is 0.0481. The van der Waals surface area contributed by atoms with Gasteiger partial charge in [-0.1, -0.05) is 73.5 Å². The van der Waals surface area contributed by atoms with Crippen molar-refractivity contribution in [3.05, 3.63) is 91.0 Å². The molecule has 0 saturated heterocycles. The number of imidazole rings is 1. The van der Waals surface area contributed by atoms with Gasteiger partial charge in [0.15, 0.2) is 5.15 Å². The molecule has 2 aromatic heterocycles. The van der Waals surface area contributed by atoms with Gasteiger partial charge in [0.1, 0.15) is 25.1 Å². The molecule has 0 radical (unpaired) electrons. The van der Waals surface area contributed by atoms with Crippen LogP contribution in [-0.2, 0) is 48.3 Å². The third-order valence-corrected chi connectivity index (χ3v) is 7.97. The van der Waals surface area contributed by atoms with E-state index in [1.165, 1.54) is 0 Å². The summed E-state index contributed by atoms with van der Waals surface area (Å²) in [5.74, 6) is 0.00924. The van der Waals surface area contributed by atoms with Crippen molar-refractivity contribution in [1.82, 2.24) is 30.2 Å². The fourth-order valence-corrected chi connectivity index (χ4v) is 5.38. The second-order valence-electron chi connectivity index (χ2n) is 11.3. The fourth-order valence-electron chi connectivity index (χ4n) is 5.12. The molecule has 4 aromatic rings. The first kappa shape index (κ1) is 38.2. The summed E-state index contributed by atoms with van der Waals surface area (Å²) in [7, 11) is 0. The zero-order chi connectivity index (χ0) is 36.6. The van der Waals surface area contributed by atoms with Crippen molar-refractivity contribution in [2.75, 3.05) is 13.2 Å². The molecule has 0 amide bonds. The highest BCUT2D eigenvalue weighted by atomic mass is 35.5. The van der Waals surface area contributed by atoms with Crippen molar-refractivity contribution in [3.63, 3.8) is 0 Å². The molecule has 18 nitrogen and oxygen atoms in total.